The molecule has 0 saturated heterocycles. The predicted octanol–water partition coefficient (Wildman–Crippen LogP) is 2.56. The van der Waals surface area contributed by atoms with Crippen molar-refractivity contribution < 1.29 is 9.53 Å². The van der Waals surface area contributed by atoms with E-state index in [4.69, 9.17) is 10.00 Å². The molecule has 0 radical (unpaired) electrons. The number of nitrogens with one attached hydrogen (secondary N) is 1. The Kier molecular flexibility index (Phi) is 3.52. The Morgan fingerprint density at radius 1 is 1.22 bits per heavy atom. The van der Waals surface area contributed by atoms with E-state index in [1.54, 1.807) is 30.3 Å². The number of carbonyl (C=O) groups is 1. The van der Waals surface area contributed by atoms with Gasteiger partial charge in [0.05, 0.1) is 5.56 Å². The van der Waals surface area contributed by atoms with Gasteiger partial charge >= 0.3 is 6.09 Å². The lowest BCUT2D eigenvalue weighted by Crippen LogP contribution is -2.17. The number of benzene rings is 1. The fourth-order valence-corrected chi connectivity index (χ4v) is 1.26. The average Bonchev–Trinajstić information content (AvgIpc) is 2.40. The van der Waals surface area contributed by atoms with E-state index >= 15 is 0 Å². The van der Waals surface area contributed by atoms with Crippen LogP contribution in [-0.2, 0) is 0 Å². The third-order valence-corrected chi connectivity index (χ3v) is 2.08. The van der Waals surface area contributed by atoms with Crippen molar-refractivity contribution in [2.45, 2.75) is 0 Å². The first-order chi connectivity index (χ1) is 8.78. The van der Waals surface area contributed by atoms with Crippen LogP contribution in [0, 0.1) is 11.3 Å². The van der Waals surface area contributed by atoms with Crippen molar-refractivity contribution >= 4 is 11.9 Å². The molecular weight excluding hydrogens is 230 g/mol. The molecule has 0 spiro atoms. The number of para-hydroxylation sites is 1. The molecule has 1 aromatic heterocycles. The van der Waals surface area contributed by atoms with Gasteiger partial charge < -0.3 is 4.74 Å². The highest BCUT2D eigenvalue weighted by atomic mass is 16.6. The molecule has 1 heterocycles. The molecule has 88 valence electrons. The van der Waals surface area contributed by atoms with E-state index in [0.717, 1.165) is 0 Å². The van der Waals surface area contributed by atoms with Crippen LogP contribution >= 0.6 is 0 Å². The molecule has 0 fully saturated rings. The van der Waals surface area contributed by atoms with E-state index in [0.29, 0.717) is 17.1 Å². The number of hydrogen-bond donors (Lipinski definition) is 1. The van der Waals surface area contributed by atoms with Gasteiger partial charge in [0.1, 0.15) is 17.6 Å². The maximum atomic E-state index is 11.5. The molecule has 1 amide bonds. The standard InChI is InChI=1S/C13H9N3O2/c14-8-10-6-7-12(15-9-10)16-13(17)18-11-4-2-1-3-5-11/h1-7,9H,(H,15,16,17). The second-order valence-corrected chi connectivity index (χ2v) is 3.37. The van der Waals surface area contributed by atoms with E-state index in [2.05, 4.69) is 10.3 Å². The summed E-state index contributed by atoms with van der Waals surface area (Å²) in [5, 5.41) is 11.1. The normalized spacial score (nSPS) is 9.28. The third-order valence-electron chi connectivity index (χ3n) is 2.08. The molecule has 0 bridgehead atoms. The van der Waals surface area contributed by atoms with Crippen LogP contribution in [0.2, 0.25) is 0 Å². The van der Waals surface area contributed by atoms with Gasteiger partial charge in [0.25, 0.3) is 0 Å². The Morgan fingerprint density at radius 3 is 2.61 bits per heavy atom. The summed E-state index contributed by atoms with van der Waals surface area (Å²) >= 11 is 0. The average molecular weight is 239 g/mol. The Bertz CT molecular complexity index is 573. The fourth-order valence-electron chi connectivity index (χ4n) is 1.26. The Labute approximate surface area is 104 Å². The first-order valence-corrected chi connectivity index (χ1v) is 5.18. The van der Waals surface area contributed by atoms with Crippen molar-refractivity contribution in [2.75, 3.05) is 5.32 Å². The van der Waals surface area contributed by atoms with E-state index in [1.807, 2.05) is 12.1 Å². The molecule has 0 saturated carbocycles. The monoisotopic (exact) mass is 239 g/mol. The Balaban J connectivity index is 1.97. The molecule has 5 heteroatoms. The van der Waals surface area contributed by atoms with E-state index in [-0.39, 0.29) is 0 Å². The highest BCUT2D eigenvalue weighted by Crippen LogP contribution is 2.10. The summed E-state index contributed by atoms with van der Waals surface area (Å²) in [6.07, 6.45) is 0.747. The zero-order valence-corrected chi connectivity index (χ0v) is 9.33. The van der Waals surface area contributed by atoms with Crippen LogP contribution in [0.3, 0.4) is 0 Å². The zero-order valence-electron chi connectivity index (χ0n) is 9.33. The molecule has 2 rings (SSSR count). The van der Waals surface area contributed by atoms with E-state index in [1.165, 1.54) is 12.3 Å². The third kappa shape index (κ3) is 3.06. The number of pyridine rings is 1. The summed E-state index contributed by atoms with van der Waals surface area (Å²) in [5.41, 5.74) is 0.428. The highest BCUT2D eigenvalue weighted by Gasteiger charge is 2.05. The summed E-state index contributed by atoms with van der Waals surface area (Å²) in [4.78, 5) is 15.4. The molecule has 0 aliphatic heterocycles. The summed E-state index contributed by atoms with van der Waals surface area (Å²) in [5.74, 6) is 0.776. The number of amides is 1. The van der Waals surface area contributed by atoms with Crippen molar-refractivity contribution in [1.82, 2.24) is 4.98 Å². The number of carbonyl (C=O) groups excluding carboxylic acids is 1. The van der Waals surface area contributed by atoms with E-state index in [9.17, 15) is 4.79 Å². The van der Waals surface area contributed by atoms with Gasteiger partial charge in [-0.2, -0.15) is 5.26 Å². The Hall–Kier alpha value is -2.87. The van der Waals surface area contributed by atoms with Gasteiger partial charge in [0.15, 0.2) is 0 Å². The SMILES string of the molecule is N#Cc1ccc(NC(=O)Oc2ccccc2)nc1. The first-order valence-electron chi connectivity index (χ1n) is 5.18. The van der Waals surface area contributed by atoms with Crippen molar-refractivity contribution in [3.8, 4) is 11.8 Å². The number of anilines is 1. The molecule has 0 aliphatic rings. The number of aromatic nitrogens is 1. The zero-order chi connectivity index (χ0) is 12.8. The van der Waals surface area contributed by atoms with Gasteiger partial charge in [-0.15, -0.1) is 0 Å². The molecule has 0 atom stereocenters. The van der Waals surface area contributed by atoms with Gasteiger partial charge in [0, 0.05) is 6.20 Å². The highest BCUT2D eigenvalue weighted by molar-refractivity contribution is 5.85. The predicted molar refractivity (Wildman–Crippen MR) is 65.0 cm³/mol. The quantitative estimate of drug-likeness (QED) is 0.873. The number of nitriles is 1. The second kappa shape index (κ2) is 5.46. The lowest BCUT2D eigenvalue weighted by molar-refractivity contribution is 0.215. The molecule has 0 aliphatic carbocycles. The van der Waals surface area contributed by atoms with Gasteiger partial charge in [0.2, 0.25) is 0 Å². The second-order valence-electron chi connectivity index (χ2n) is 3.37. The van der Waals surface area contributed by atoms with Gasteiger partial charge in [-0.3, -0.25) is 5.32 Å². The fraction of sp³-hybridized carbons (Fsp3) is 0. The van der Waals surface area contributed by atoms with Crippen molar-refractivity contribution in [1.29, 1.82) is 5.26 Å². The lowest BCUT2D eigenvalue weighted by atomic mass is 10.3. The smallest absolute Gasteiger partial charge is 0.410 e. The van der Waals surface area contributed by atoms with Crippen molar-refractivity contribution in [2.24, 2.45) is 0 Å². The van der Waals surface area contributed by atoms with Crippen LogP contribution in [0.15, 0.2) is 48.7 Å². The number of rotatable bonds is 2. The summed E-state index contributed by atoms with van der Waals surface area (Å²) in [6, 6.07) is 13.7. The maximum absolute atomic E-state index is 11.5. The molecule has 18 heavy (non-hydrogen) atoms. The number of nitrogens with zero attached hydrogens (tertiary/aromatic N) is 2. The molecule has 0 unspecified atom stereocenters. The maximum Gasteiger partial charge on any atom is 0.418 e. The van der Waals surface area contributed by atoms with Crippen molar-refractivity contribution in [3.05, 3.63) is 54.2 Å². The minimum Gasteiger partial charge on any atom is -0.410 e. The van der Waals surface area contributed by atoms with E-state index < -0.39 is 6.09 Å². The molecule has 1 aromatic carbocycles. The van der Waals surface area contributed by atoms with Gasteiger partial charge in [-0.05, 0) is 24.3 Å². The van der Waals surface area contributed by atoms with Crippen LogP contribution < -0.4 is 10.1 Å². The van der Waals surface area contributed by atoms with Crippen LogP contribution in [0.1, 0.15) is 5.56 Å². The molecule has 1 N–H and O–H groups in total. The topological polar surface area (TPSA) is 75.0 Å². The summed E-state index contributed by atoms with van der Waals surface area (Å²) in [6.45, 7) is 0. The largest absolute Gasteiger partial charge is 0.418 e. The van der Waals surface area contributed by atoms with Crippen LogP contribution in [0.5, 0.6) is 5.75 Å². The minimum atomic E-state index is -0.626. The van der Waals surface area contributed by atoms with Crippen molar-refractivity contribution in [3.63, 3.8) is 0 Å². The number of ether oxygens (including phenoxy) is 1. The van der Waals surface area contributed by atoms with Crippen LogP contribution in [0.25, 0.3) is 0 Å². The molecular formula is C13H9N3O2. The molecule has 5 nitrogen and oxygen atoms in total. The Morgan fingerprint density at radius 2 is 2.00 bits per heavy atom. The van der Waals surface area contributed by atoms with Gasteiger partial charge in [-0.1, -0.05) is 18.2 Å². The molecule has 2 aromatic rings. The van der Waals surface area contributed by atoms with Crippen LogP contribution in [0.4, 0.5) is 10.6 Å². The van der Waals surface area contributed by atoms with Crippen LogP contribution in [-0.4, -0.2) is 11.1 Å². The lowest BCUT2D eigenvalue weighted by Gasteiger charge is -2.05. The minimum absolute atomic E-state index is 0.329. The van der Waals surface area contributed by atoms with Gasteiger partial charge in [-0.25, -0.2) is 9.78 Å². The summed E-state index contributed by atoms with van der Waals surface area (Å²) < 4.78 is 5.02. The summed E-state index contributed by atoms with van der Waals surface area (Å²) in [7, 11) is 0. The first kappa shape index (κ1) is 11.6. The number of hydrogen-bond acceptors (Lipinski definition) is 4.